The molecule has 0 aromatic heterocycles. The maximum atomic E-state index is 12.0. The van der Waals surface area contributed by atoms with Crippen LogP contribution in [0.3, 0.4) is 0 Å². The maximum absolute atomic E-state index is 12.0. The van der Waals surface area contributed by atoms with Gasteiger partial charge in [-0.3, -0.25) is 4.79 Å². The molecule has 0 amide bonds. The number of nitrogens with zero attached hydrogens (tertiary/aromatic N) is 1. The molecule has 1 heterocycles. The lowest BCUT2D eigenvalue weighted by molar-refractivity contribution is -0.136. The average Bonchev–Trinajstić information content (AvgIpc) is 2.83. The molecule has 0 saturated carbocycles. The first-order chi connectivity index (χ1) is 12.3. The number of aliphatic hydroxyl groups excluding tert-OH is 1. The Hall–Kier alpha value is -3.20. The summed E-state index contributed by atoms with van der Waals surface area (Å²) in [5.74, 6) is -1.49. The third-order valence-electron chi connectivity index (χ3n) is 3.76. The van der Waals surface area contributed by atoms with Crippen molar-refractivity contribution in [3.8, 4) is 5.75 Å². The number of allylic oxidation sites excluding steroid dienone is 1. The Labute approximate surface area is 149 Å². The smallest absolute Gasteiger partial charge is 0.330 e. The zero-order valence-corrected chi connectivity index (χ0v) is 14.3. The van der Waals surface area contributed by atoms with Crippen molar-refractivity contribution in [1.82, 2.24) is 4.72 Å². The van der Waals surface area contributed by atoms with Crippen LogP contribution in [-0.2, 0) is 15.0 Å². The predicted octanol–water partition coefficient (Wildman–Crippen LogP) is 2.43. The molecule has 0 spiro atoms. The predicted molar refractivity (Wildman–Crippen MR) is 96.8 cm³/mol. The number of phenolic OH excluding ortho intramolecular Hbond substituents is 1. The third kappa shape index (κ3) is 3.57. The van der Waals surface area contributed by atoms with Crippen molar-refractivity contribution in [2.24, 2.45) is 0 Å². The first kappa shape index (κ1) is 17.6. The van der Waals surface area contributed by atoms with Crippen LogP contribution >= 0.6 is 0 Å². The van der Waals surface area contributed by atoms with Crippen LogP contribution in [0.4, 0.5) is 5.69 Å². The summed E-state index contributed by atoms with van der Waals surface area (Å²) in [6.45, 7) is 0. The van der Waals surface area contributed by atoms with Gasteiger partial charge in [-0.2, -0.15) is 8.42 Å². The number of aliphatic hydroxyl groups is 1. The number of anilines is 1. The lowest BCUT2D eigenvalue weighted by atomic mass is 10.0. The second-order valence-corrected chi connectivity index (χ2v) is 7.25. The van der Waals surface area contributed by atoms with E-state index in [1.54, 1.807) is 36.4 Å². The first-order valence-corrected chi connectivity index (χ1v) is 9.08. The highest BCUT2D eigenvalue weighted by Gasteiger charge is 2.29. The fourth-order valence-electron chi connectivity index (χ4n) is 2.61. The fraction of sp³-hybridized carbons (Fsp3) is 0.118. The van der Waals surface area contributed by atoms with E-state index in [1.807, 2.05) is 4.72 Å². The molecule has 0 aliphatic carbocycles. The summed E-state index contributed by atoms with van der Waals surface area (Å²) in [5, 5.41) is 29.4. The number of carboxylic acids is 1. The molecule has 8 nitrogen and oxygen atoms in total. The molecule has 3 rings (SSSR count). The number of aliphatic carboxylic acids is 1. The van der Waals surface area contributed by atoms with Crippen molar-refractivity contribution in [3.63, 3.8) is 0 Å². The number of carbonyl (C=O) groups is 1. The summed E-state index contributed by atoms with van der Waals surface area (Å²) in [5.41, 5.74) is 0.943. The molecule has 0 atom stereocenters. The molecule has 0 radical (unpaired) electrons. The molecule has 1 aliphatic heterocycles. The van der Waals surface area contributed by atoms with Gasteiger partial charge >= 0.3 is 16.2 Å². The van der Waals surface area contributed by atoms with Crippen molar-refractivity contribution >= 4 is 38.7 Å². The molecule has 4 N–H and O–H groups in total. The topological polar surface area (TPSA) is 127 Å². The summed E-state index contributed by atoms with van der Waals surface area (Å²) in [6, 6.07) is 8.06. The molecule has 26 heavy (non-hydrogen) atoms. The van der Waals surface area contributed by atoms with Gasteiger partial charge in [-0.1, -0.05) is 24.3 Å². The second kappa shape index (κ2) is 6.60. The van der Waals surface area contributed by atoms with Crippen molar-refractivity contribution in [2.75, 3.05) is 4.31 Å². The zero-order chi connectivity index (χ0) is 18.9. The van der Waals surface area contributed by atoms with Gasteiger partial charge in [0.1, 0.15) is 5.75 Å². The van der Waals surface area contributed by atoms with Crippen LogP contribution in [0.15, 0.2) is 48.5 Å². The Morgan fingerprint density at radius 2 is 1.96 bits per heavy atom. The molecule has 0 unspecified atom stereocenters. The minimum Gasteiger partial charge on any atom is -0.507 e. The number of hydrogen-bond acceptors (Lipinski definition) is 5. The Morgan fingerprint density at radius 1 is 1.19 bits per heavy atom. The van der Waals surface area contributed by atoms with Crippen LogP contribution in [0, 0.1) is 0 Å². The van der Waals surface area contributed by atoms with Crippen LogP contribution in [0.25, 0.3) is 16.8 Å². The number of fused-ring (bicyclic) bond motifs is 1. The van der Waals surface area contributed by atoms with Crippen LogP contribution in [0.5, 0.6) is 5.75 Å². The van der Waals surface area contributed by atoms with Crippen molar-refractivity contribution in [2.45, 2.75) is 12.8 Å². The highest BCUT2D eigenvalue weighted by atomic mass is 32.2. The lowest BCUT2D eigenvalue weighted by Crippen LogP contribution is -2.29. The van der Waals surface area contributed by atoms with E-state index in [9.17, 15) is 23.4 Å². The van der Waals surface area contributed by atoms with Gasteiger partial charge < -0.3 is 15.3 Å². The van der Waals surface area contributed by atoms with E-state index in [1.165, 1.54) is 6.07 Å². The van der Waals surface area contributed by atoms with Crippen LogP contribution < -0.4 is 9.03 Å². The van der Waals surface area contributed by atoms with Crippen LogP contribution in [0.1, 0.15) is 18.4 Å². The number of rotatable bonds is 5. The quantitative estimate of drug-likeness (QED) is 0.635. The molecule has 2 aromatic rings. The highest BCUT2D eigenvalue weighted by molar-refractivity contribution is 7.91. The molecule has 2 aromatic carbocycles. The normalized spacial score (nSPS) is 16.0. The Bertz CT molecular complexity index is 1040. The van der Waals surface area contributed by atoms with E-state index in [2.05, 4.69) is 0 Å². The molecular formula is C17H16N2O6S. The summed E-state index contributed by atoms with van der Waals surface area (Å²) >= 11 is 0. The van der Waals surface area contributed by atoms with E-state index < -0.39 is 22.1 Å². The molecular weight excluding hydrogens is 360 g/mol. The van der Waals surface area contributed by atoms with Gasteiger partial charge in [0.25, 0.3) is 0 Å². The van der Waals surface area contributed by atoms with Gasteiger partial charge in [-0.05, 0) is 29.5 Å². The van der Waals surface area contributed by atoms with Gasteiger partial charge in [0.05, 0.1) is 11.9 Å². The van der Waals surface area contributed by atoms with Crippen molar-refractivity contribution in [1.29, 1.82) is 0 Å². The highest BCUT2D eigenvalue weighted by Crippen LogP contribution is 2.34. The van der Waals surface area contributed by atoms with Crippen molar-refractivity contribution < 1.29 is 28.5 Å². The fourth-order valence-corrected chi connectivity index (χ4v) is 3.65. The minimum atomic E-state index is -3.95. The number of aromatic hydroxyl groups is 1. The summed E-state index contributed by atoms with van der Waals surface area (Å²) in [7, 11) is -3.95. The summed E-state index contributed by atoms with van der Waals surface area (Å²) < 4.78 is 26.7. The van der Waals surface area contributed by atoms with E-state index in [4.69, 9.17) is 5.11 Å². The average molecular weight is 376 g/mol. The van der Waals surface area contributed by atoms with Gasteiger partial charge in [0.15, 0.2) is 0 Å². The number of hydrogen-bond donors (Lipinski definition) is 4. The lowest BCUT2D eigenvalue weighted by Gasteiger charge is -2.15. The van der Waals surface area contributed by atoms with Crippen LogP contribution in [-0.4, -0.2) is 29.7 Å². The third-order valence-corrected chi connectivity index (χ3v) is 5.06. The van der Waals surface area contributed by atoms with E-state index in [-0.39, 0.29) is 17.9 Å². The minimum absolute atomic E-state index is 0.0324. The van der Waals surface area contributed by atoms with Gasteiger partial charge in [0.2, 0.25) is 5.88 Å². The standard InChI is InChI=1S/C17H16N2O6S/c20-15-9-13(19-10-16(21)18-26(19,24)25)8-12-7-11(5-6-14(12)15)3-1-2-4-17(22)23/h1,3,5-10,18,20-21H,2,4H2,(H,22,23). The van der Waals surface area contributed by atoms with Crippen molar-refractivity contribution in [3.05, 3.63) is 54.1 Å². The van der Waals surface area contributed by atoms with E-state index in [0.717, 1.165) is 16.1 Å². The van der Waals surface area contributed by atoms with Crippen LogP contribution in [0.2, 0.25) is 0 Å². The molecule has 0 fully saturated rings. The first-order valence-electron chi connectivity index (χ1n) is 7.64. The van der Waals surface area contributed by atoms with Gasteiger partial charge in [0, 0.05) is 17.9 Å². The molecule has 1 aliphatic rings. The molecule has 136 valence electrons. The summed E-state index contributed by atoms with van der Waals surface area (Å²) in [6.07, 6.45) is 4.91. The monoisotopic (exact) mass is 376 g/mol. The Morgan fingerprint density at radius 3 is 2.62 bits per heavy atom. The Kier molecular flexibility index (Phi) is 4.47. The number of benzene rings is 2. The molecule has 0 bridgehead atoms. The Balaban J connectivity index is 1.97. The number of nitrogens with one attached hydrogen (secondary N) is 1. The molecule has 0 saturated heterocycles. The van der Waals surface area contributed by atoms with E-state index >= 15 is 0 Å². The molecule has 9 heteroatoms. The SMILES string of the molecule is O=C(O)CCC=Cc1ccc2c(O)cc(N3C=C(O)NS3(=O)=O)cc2c1. The maximum Gasteiger partial charge on any atom is 0.330 e. The second-order valence-electron chi connectivity index (χ2n) is 5.70. The van der Waals surface area contributed by atoms with Gasteiger partial charge in [-0.15, -0.1) is 0 Å². The number of carboxylic acid groups (broad SMARTS) is 1. The number of phenols is 1. The van der Waals surface area contributed by atoms with E-state index in [0.29, 0.717) is 17.2 Å². The largest absolute Gasteiger partial charge is 0.507 e. The summed E-state index contributed by atoms with van der Waals surface area (Å²) in [4.78, 5) is 10.5. The van der Waals surface area contributed by atoms with Gasteiger partial charge in [-0.25, -0.2) is 9.03 Å². The zero-order valence-electron chi connectivity index (χ0n) is 13.5.